The second kappa shape index (κ2) is 9.98. The number of hydrogen-bond donors (Lipinski definition) is 2. The molecule has 9 nitrogen and oxygen atoms in total. The lowest BCUT2D eigenvalue weighted by atomic mass is 10.1. The highest BCUT2D eigenvalue weighted by atomic mass is 16.6. The molecule has 29 heavy (non-hydrogen) atoms. The first-order valence-electron chi connectivity index (χ1n) is 8.81. The van der Waals surface area contributed by atoms with E-state index >= 15 is 0 Å². The van der Waals surface area contributed by atoms with Crippen molar-refractivity contribution in [2.75, 3.05) is 17.2 Å². The van der Waals surface area contributed by atoms with E-state index < -0.39 is 29.3 Å². The van der Waals surface area contributed by atoms with Gasteiger partial charge in [-0.25, -0.2) is 0 Å². The van der Waals surface area contributed by atoms with E-state index in [1.165, 1.54) is 24.3 Å². The molecular weight excluding hydrogens is 378 g/mol. The van der Waals surface area contributed by atoms with Crippen molar-refractivity contribution in [3.8, 4) is 0 Å². The number of non-ortho nitro benzene ring substituents is 1. The van der Waals surface area contributed by atoms with Gasteiger partial charge in [-0.15, -0.1) is 0 Å². The van der Waals surface area contributed by atoms with Gasteiger partial charge in [0.15, 0.2) is 6.61 Å². The van der Waals surface area contributed by atoms with E-state index in [0.717, 1.165) is 11.1 Å². The summed E-state index contributed by atoms with van der Waals surface area (Å²) in [7, 11) is 0. The Labute approximate surface area is 167 Å². The Balaban J connectivity index is 1.71. The molecule has 2 rings (SSSR count). The molecule has 0 aliphatic rings. The Kier molecular flexibility index (Phi) is 7.41. The number of nitrogens with zero attached hydrogens (tertiary/aromatic N) is 1. The van der Waals surface area contributed by atoms with Crippen molar-refractivity contribution < 1.29 is 24.0 Å². The number of carbonyl (C=O) groups is 3. The molecule has 0 saturated carbocycles. The van der Waals surface area contributed by atoms with Gasteiger partial charge in [-0.05, 0) is 49.2 Å². The largest absolute Gasteiger partial charge is 0.456 e. The first kappa shape index (κ1) is 21.5. The Morgan fingerprint density at radius 1 is 0.897 bits per heavy atom. The van der Waals surface area contributed by atoms with Crippen molar-refractivity contribution in [1.82, 2.24) is 0 Å². The number of ether oxygens (including phenoxy) is 1. The summed E-state index contributed by atoms with van der Waals surface area (Å²) in [6, 6.07) is 10.9. The Morgan fingerprint density at radius 2 is 1.48 bits per heavy atom. The van der Waals surface area contributed by atoms with Crippen LogP contribution in [0.3, 0.4) is 0 Å². The molecule has 2 amide bonds. The fraction of sp³-hybridized carbons (Fsp3) is 0.250. The summed E-state index contributed by atoms with van der Waals surface area (Å²) in [5.74, 6) is -1.60. The minimum absolute atomic E-state index is 0.0920. The monoisotopic (exact) mass is 399 g/mol. The summed E-state index contributed by atoms with van der Waals surface area (Å²) in [5, 5.41) is 15.8. The number of aryl methyl sites for hydroxylation is 2. The van der Waals surface area contributed by atoms with E-state index in [0.29, 0.717) is 11.4 Å². The first-order chi connectivity index (χ1) is 13.7. The number of rotatable bonds is 8. The molecule has 9 heteroatoms. The summed E-state index contributed by atoms with van der Waals surface area (Å²) in [6.45, 7) is 3.37. The van der Waals surface area contributed by atoms with Crippen molar-refractivity contribution in [1.29, 1.82) is 0 Å². The minimum Gasteiger partial charge on any atom is -0.456 e. The van der Waals surface area contributed by atoms with Crippen LogP contribution in [-0.4, -0.2) is 29.3 Å². The molecule has 0 aliphatic carbocycles. The van der Waals surface area contributed by atoms with E-state index in [4.69, 9.17) is 4.74 Å². The highest BCUT2D eigenvalue weighted by Crippen LogP contribution is 2.16. The second-order valence-electron chi connectivity index (χ2n) is 6.44. The second-order valence-corrected chi connectivity index (χ2v) is 6.44. The predicted octanol–water partition coefficient (Wildman–Crippen LogP) is 3.11. The number of amides is 2. The van der Waals surface area contributed by atoms with E-state index in [1.54, 1.807) is 12.1 Å². The summed E-state index contributed by atoms with van der Waals surface area (Å²) in [6.07, 6.45) is -0.343. The summed E-state index contributed by atoms with van der Waals surface area (Å²) >= 11 is 0. The van der Waals surface area contributed by atoms with Gasteiger partial charge in [-0.1, -0.05) is 6.07 Å². The van der Waals surface area contributed by atoms with Crippen LogP contribution in [0.5, 0.6) is 0 Å². The third-order valence-electron chi connectivity index (χ3n) is 3.79. The van der Waals surface area contributed by atoms with Crippen LogP contribution in [0.25, 0.3) is 0 Å². The van der Waals surface area contributed by atoms with Crippen molar-refractivity contribution in [2.45, 2.75) is 26.7 Å². The fourth-order valence-electron chi connectivity index (χ4n) is 2.57. The quantitative estimate of drug-likeness (QED) is 0.399. The zero-order valence-electron chi connectivity index (χ0n) is 16.1. The van der Waals surface area contributed by atoms with Crippen LogP contribution < -0.4 is 10.6 Å². The summed E-state index contributed by atoms with van der Waals surface area (Å²) in [5.41, 5.74) is 2.89. The first-order valence-corrected chi connectivity index (χ1v) is 8.81. The molecule has 2 N–H and O–H groups in total. The Morgan fingerprint density at radius 3 is 2.07 bits per heavy atom. The van der Waals surface area contributed by atoms with E-state index in [-0.39, 0.29) is 18.5 Å². The summed E-state index contributed by atoms with van der Waals surface area (Å²) in [4.78, 5) is 45.5. The molecule has 0 atom stereocenters. The maximum atomic E-state index is 11.9. The van der Waals surface area contributed by atoms with Crippen LogP contribution in [0.15, 0.2) is 42.5 Å². The maximum Gasteiger partial charge on any atom is 0.306 e. The molecule has 0 bridgehead atoms. The molecule has 0 aromatic heterocycles. The van der Waals surface area contributed by atoms with Crippen molar-refractivity contribution in [2.24, 2.45) is 0 Å². The van der Waals surface area contributed by atoms with Gasteiger partial charge in [0.25, 0.3) is 11.6 Å². The molecule has 0 heterocycles. The Hall–Kier alpha value is -3.75. The van der Waals surface area contributed by atoms with Crippen LogP contribution in [0.4, 0.5) is 17.1 Å². The number of hydrogen-bond acceptors (Lipinski definition) is 6. The van der Waals surface area contributed by atoms with Gasteiger partial charge in [0, 0.05) is 29.9 Å². The van der Waals surface area contributed by atoms with Crippen LogP contribution in [-0.2, 0) is 19.1 Å². The number of nitro benzene ring substituents is 1. The van der Waals surface area contributed by atoms with Crippen LogP contribution in [0, 0.1) is 24.0 Å². The number of nitrogens with one attached hydrogen (secondary N) is 2. The molecule has 2 aromatic rings. The summed E-state index contributed by atoms with van der Waals surface area (Å²) < 4.78 is 4.87. The zero-order chi connectivity index (χ0) is 21.4. The lowest BCUT2D eigenvalue weighted by Crippen LogP contribution is -2.21. The number of esters is 1. The number of anilines is 2. The van der Waals surface area contributed by atoms with Gasteiger partial charge in [-0.2, -0.15) is 0 Å². The van der Waals surface area contributed by atoms with Gasteiger partial charge in [0.05, 0.1) is 11.3 Å². The van der Waals surface area contributed by atoms with Crippen LogP contribution >= 0.6 is 0 Å². The van der Waals surface area contributed by atoms with Gasteiger partial charge in [-0.3, -0.25) is 24.5 Å². The SMILES string of the molecule is Cc1cc(C)cc(NC(=O)COC(=O)CCC(=O)Nc2ccc([N+](=O)[O-])cc2)c1. The highest BCUT2D eigenvalue weighted by Gasteiger charge is 2.12. The molecule has 152 valence electrons. The topological polar surface area (TPSA) is 128 Å². The molecule has 0 saturated heterocycles. The Bertz CT molecular complexity index is 904. The average Bonchev–Trinajstić information content (AvgIpc) is 2.64. The number of benzene rings is 2. The van der Waals surface area contributed by atoms with Crippen molar-refractivity contribution in [3.05, 3.63) is 63.7 Å². The normalized spacial score (nSPS) is 10.1. The van der Waals surface area contributed by atoms with Gasteiger partial charge in [0.1, 0.15) is 0 Å². The van der Waals surface area contributed by atoms with Crippen molar-refractivity contribution >= 4 is 34.8 Å². The third-order valence-corrected chi connectivity index (χ3v) is 3.79. The number of carbonyl (C=O) groups excluding carboxylic acids is 3. The van der Waals surface area contributed by atoms with E-state index in [1.807, 2.05) is 19.9 Å². The van der Waals surface area contributed by atoms with Crippen LogP contribution in [0.1, 0.15) is 24.0 Å². The smallest absolute Gasteiger partial charge is 0.306 e. The molecular formula is C20H21N3O6. The van der Waals surface area contributed by atoms with Gasteiger partial charge >= 0.3 is 5.97 Å². The maximum absolute atomic E-state index is 11.9. The van der Waals surface area contributed by atoms with Crippen LogP contribution in [0.2, 0.25) is 0 Å². The highest BCUT2D eigenvalue weighted by molar-refractivity contribution is 5.94. The van der Waals surface area contributed by atoms with Gasteiger partial charge in [0.2, 0.25) is 5.91 Å². The third kappa shape index (κ3) is 7.41. The lowest BCUT2D eigenvalue weighted by Gasteiger charge is -2.08. The molecule has 0 radical (unpaired) electrons. The zero-order valence-corrected chi connectivity index (χ0v) is 16.1. The predicted molar refractivity (Wildman–Crippen MR) is 106 cm³/mol. The van der Waals surface area contributed by atoms with Crippen molar-refractivity contribution in [3.63, 3.8) is 0 Å². The van der Waals surface area contributed by atoms with E-state index in [2.05, 4.69) is 10.6 Å². The average molecular weight is 399 g/mol. The molecule has 0 fully saturated rings. The number of nitro groups is 1. The standard InChI is InChI=1S/C20H21N3O6/c1-13-9-14(2)11-16(10-13)22-19(25)12-29-20(26)8-7-18(24)21-15-3-5-17(6-4-15)23(27)28/h3-6,9-11H,7-8,12H2,1-2H3,(H,21,24)(H,22,25). The lowest BCUT2D eigenvalue weighted by molar-refractivity contribution is -0.384. The molecule has 0 aliphatic heterocycles. The van der Waals surface area contributed by atoms with E-state index in [9.17, 15) is 24.5 Å². The fourth-order valence-corrected chi connectivity index (χ4v) is 2.57. The van der Waals surface area contributed by atoms with Gasteiger partial charge < -0.3 is 15.4 Å². The molecule has 2 aromatic carbocycles. The molecule has 0 unspecified atom stereocenters. The minimum atomic E-state index is -0.681. The molecule has 0 spiro atoms.